The van der Waals surface area contributed by atoms with E-state index < -0.39 is 11.8 Å². The first-order valence-electron chi connectivity index (χ1n) is 6.79. The van der Waals surface area contributed by atoms with Gasteiger partial charge >= 0.3 is 11.8 Å². The first-order chi connectivity index (χ1) is 10.4. The largest absolute Gasteiger partial charge is 0.361 e. The van der Waals surface area contributed by atoms with Crippen LogP contribution in [0.4, 0.5) is 0 Å². The molecule has 0 saturated carbocycles. The lowest BCUT2D eigenvalue weighted by Gasteiger charge is -2.09. The number of hydrazone groups is 1. The molecule has 2 amide bonds. The Labute approximate surface area is 128 Å². The van der Waals surface area contributed by atoms with Gasteiger partial charge in [-0.2, -0.15) is 5.10 Å². The summed E-state index contributed by atoms with van der Waals surface area (Å²) in [7, 11) is 0. The van der Waals surface area contributed by atoms with Crippen LogP contribution in [0.15, 0.2) is 35.4 Å². The van der Waals surface area contributed by atoms with Gasteiger partial charge in [-0.3, -0.25) is 9.59 Å². The zero-order valence-electron chi connectivity index (χ0n) is 12.8. The summed E-state index contributed by atoms with van der Waals surface area (Å²) in [4.78, 5) is 21.7. The van der Waals surface area contributed by atoms with E-state index in [1.165, 1.54) is 11.8 Å². The maximum Gasteiger partial charge on any atom is 0.329 e. The Hall–Kier alpha value is -2.89. The number of amides is 2. The molecule has 114 valence electrons. The molecule has 1 aromatic heterocycles. The van der Waals surface area contributed by atoms with Gasteiger partial charge in [0.2, 0.25) is 0 Å². The third-order valence-electron chi connectivity index (χ3n) is 3.36. The number of nitrogens with two attached hydrogens (primary N) is 1. The van der Waals surface area contributed by atoms with Crippen molar-refractivity contribution in [1.29, 1.82) is 0 Å². The van der Waals surface area contributed by atoms with Gasteiger partial charge in [0.1, 0.15) is 0 Å². The molecule has 6 heteroatoms. The molecule has 0 unspecified atom stereocenters. The van der Waals surface area contributed by atoms with Crippen LogP contribution in [0.3, 0.4) is 0 Å². The van der Waals surface area contributed by atoms with Gasteiger partial charge < -0.3 is 10.3 Å². The third-order valence-corrected chi connectivity index (χ3v) is 3.36. The average Bonchev–Trinajstić information content (AvgIpc) is 2.74. The molecule has 0 bridgehead atoms. The zero-order valence-corrected chi connectivity index (χ0v) is 12.8. The van der Waals surface area contributed by atoms with Crippen molar-refractivity contribution in [2.24, 2.45) is 10.8 Å². The van der Waals surface area contributed by atoms with E-state index in [0.29, 0.717) is 0 Å². The molecule has 0 atom stereocenters. The Bertz CT molecular complexity index is 742. The summed E-state index contributed by atoms with van der Waals surface area (Å²) in [5.74, 6) is -2.01. The third kappa shape index (κ3) is 3.22. The van der Waals surface area contributed by atoms with Gasteiger partial charge in [0.15, 0.2) is 0 Å². The van der Waals surface area contributed by atoms with E-state index in [0.717, 1.165) is 22.6 Å². The van der Waals surface area contributed by atoms with Crippen molar-refractivity contribution in [3.05, 3.63) is 52.8 Å². The van der Waals surface area contributed by atoms with Crippen LogP contribution in [0.25, 0.3) is 5.69 Å². The SMILES string of the molecule is Cc1ccc(-n2c(C)cc(/C=N\NC(=O)C(N)=O)c2C)cc1. The molecule has 0 saturated heterocycles. The normalized spacial score (nSPS) is 10.9. The number of rotatable bonds is 3. The maximum absolute atomic E-state index is 11.0. The van der Waals surface area contributed by atoms with E-state index in [2.05, 4.69) is 27.2 Å². The molecule has 0 radical (unpaired) electrons. The van der Waals surface area contributed by atoms with Crippen molar-refractivity contribution in [2.75, 3.05) is 0 Å². The van der Waals surface area contributed by atoms with Crippen molar-refractivity contribution in [1.82, 2.24) is 9.99 Å². The Morgan fingerprint density at radius 2 is 1.82 bits per heavy atom. The van der Waals surface area contributed by atoms with Crippen LogP contribution < -0.4 is 11.2 Å². The van der Waals surface area contributed by atoms with Gasteiger partial charge in [-0.05, 0) is 39.0 Å². The molecule has 0 aliphatic rings. The topological polar surface area (TPSA) is 89.5 Å². The number of nitrogens with one attached hydrogen (secondary N) is 1. The molecular formula is C16H18N4O2. The van der Waals surface area contributed by atoms with Gasteiger partial charge in [-0.15, -0.1) is 0 Å². The fourth-order valence-electron chi connectivity index (χ4n) is 2.23. The number of primary amides is 1. The van der Waals surface area contributed by atoms with Crippen molar-refractivity contribution in [3.8, 4) is 5.69 Å². The molecule has 1 aromatic carbocycles. The van der Waals surface area contributed by atoms with Crippen LogP contribution in [0.5, 0.6) is 0 Å². The highest BCUT2D eigenvalue weighted by molar-refractivity contribution is 6.34. The first kappa shape index (κ1) is 15.5. The van der Waals surface area contributed by atoms with E-state index in [4.69, 9.17) is 5.73 Å². The molecule has 6 nitrogen and oxygen atoms in total. The minimum Gasteiger partial charge on any atom is -0.361 e. The van der Waals surface area contributed by atoms with Gasteiger partial charge in [-0.1, -0.05) is 17.7 Å². The first-order valence-corrected chi connectivity index (χ1v) is 6.79. The fourth-order valence-corrected chi connectivity index (χ4v) is 2.23. The molecule has 3 N–H and O–H groups in total. The lowest BCUT2D eigenvalue weighted by molar-refractivity contribution is -0.137. The maximum atomic E-state index is 11.0. The molecule has 0 aliphatic heterocycles. The number of carbonyl (C=O) groups is 2. The Balaban J connectivity index is 2.27. The van der Waals surface area contributed by atoms with Crippen LogP contribution in [0, 0.1) is 20.8 Å². The Kier molecular flexibility index (Phi) is 4.41. The number of aromatic nitrogens is 1. The van der Waals surface area contributed by atoms with Crippen LogP contribution in [0.2, 0.25) is 0 Å². The van der Waals surface area contributed by atoms with Crippen molar-refractivity contribution >= 4 is 18.0 Å². The highest BCUT2D eigenvalue weighted by Crippen LogP contribution is 2.20. The summed E-state index contributed by atoms with van der Waals surface area (Å²) >= 11 is 0. The lowest BCUT2D eigenvalue weighted by Crippen LogP contribution is -2.32. The van der Waals surface area contributed by atoms with Crippen molar-refractivity contribution < 1.29 is 9.59 Å². The van der Waals surface area contributed by atoms with E-state index in [1.54, 1.807) is 0 Å². The van der Waals surface area contributed by atoms with Crippen molar-refractivity contribution in [2.45, 2.75) is 20.8 Å². The second-order valence-corrected chi connectivity index (χ2v) is 5.06. The standard InChI is InChI=1S/C16H18N4O2/c1-10-4-6-14(7-5-10)20-11(2)8-13(12(20)3)9-18-19-16(22)15(17)21/h4-9H,1-3H3,(H2,17,21)(H,19,22)/b18-9-. The van der Waals surface area contributed by atoms with Crippen LogP contribution >= 0.6 is 0 Å². The van der Waals surface area contributed by atoms with Gasteiger partial charge in [0.25, 0.3) is 0 Å². The van der Waals surface area contributed by atoms with Crippen molar-refractivity contribution in [3.63, 3.8) is 0 Å². The Morgan fingerprint density at radius 3 is 2.41 bits per heavy atom. The highest BCUT2D eigenvalue weighted by Gasteiger charge is 2.10. The van der Waals surface area contributed by atoms with Gasteiger partial charge in [0.05, 0.1) is 6.21 Å². The molecule has 1 heterocycles. The molecule has 22 heavy (non-hydrogen) atoms. The second-order valence-electron chi connectivity index (χ2n) is 5.06. The van der Waals surface area contributed by atoms with Crippen LogP contribution in [0.1, 0.15) is 22.5 Å². The van der Waals surface area contributed by atoms with Gasteiger partial charge in [0, 0.05) is 22.6 Å². The number of carbonyl (C=O) groups excluding carboxylic acids is 2. The number of hydrogen-bond acceptors (Lipinski definition) is 3. The number of hydrogen-bond donors (Lipinski definition) is 2. The molecule has 0 fully saturated rings. The molecule has 2 rings (SSSR count). The molecular weight excluding hydrogens is 280 g/mol. The minimum atomic E-state index is -1.07. The molecule has 0 spiro atoms. The minimum absolute atomic E-state index is 0.850. The summed E-state index contributed by atoms with van der Waals surface area (Å²) < 4.78 is 2.09. The second kappa shape index (κ2) is 6.26. The predicted octanol–water partition coefficient (Wildman–Crippen LogP) is 1.34. The highest BCUT2D eigenvalue weighted by atomic mass is 16.2. The quantitative estimate of drug-likeness (QED) is 0.508. The summed E-state index contributed by atoms with van der Waals surface area (Å²) in [5.41, 5.74) is 12.0. The van der Waals surface area contributed by atoms with Gasteiger partial charge in [-0.25, -0.2) is 5.43 Å². The summed E-state index contributed by atoms with van der Waals surface area (Å²) in [6, 6.07) is 10.1. The molecule has 0 aliphatic carbocycles. The summed E-state index contributed by atoms with van der Waals surface area (Å²) in [6.45, 7) is 6.00. The average molecular weight is 298 g/mol. The lowest BCUT2D eigenvalue weighted by atomic mass is 10.2. The monoisotopic (exact) mass is 298 g/mol. The number of benzene rings is 1. The zero-order chi connectivity index (χ0) is 16.3. The molecule has 2 aromatic rings. The smallest absolute Gasteiger partial charge is 0.329 e. The predicted molar refractivity (Wildman–Crippen MR) is 84.9 cm³/mol. The van der Waals surface area contributed by atoms with Crippen LogP contribution in [-0.4, -0.2) is 22.6 Å². The van der Waals surface area contributed by atoms with E-state index in [-0.39, 0.29) is 0 Å². The Morgan fingerprint density at radius 1 is 1.18 bits per heavy atom. The fraction of sp³-hybridized carbons (Fsp3) is 0.188. The summed E-state index contributed by atoms with van der Waals surface area (Å²) in [5, 5.41) is 3.75. The summed E-state index contributed by atoms with van der Waals surface area (Å²) in [6.07, 6.45) is 1.49. The number of nitrogens with zero attached hydrogens (tertiary/aromatic N) is 2. The number of aryl methyl sites for hydroxylation is 2. The van der Waals surface area contributed by atoms with E-state index in [9.17, 15) is 9.59 Å². The van der Waals surface area contributed by atoms with E-state index >= 15 is 0 Å². The van der Waals surface area contributed by atoms with Crippen LogP contribution in [-0.2, 0) is 9.59 Å². The van der Waals surface area contributed by atoms with E-state index in [1.807, 2.05) is 39.0 Å².